The average molecular weight is 230 g/mol. The predicted molar refractivity (Wildman–Crippen MR) is 64.1 cm³/mol. The van der Waals surface area contributed by atoms with Crippen LogP contribution in [0.4, 0.5) is 0 Å². The zero-order valence-corrected chi connectivity index (χ0v) is 9.68. The Hall–Kier alpha value is -1.84. The van der Waals surface area contributed by atoms with E-state index in [1.54, 1.807) is 0 Å². The van der Waals surface area contributed by atoms with Crippen LogP contribution in [0.15, 0.2) is 18.2 Å². The summed E-state index contributed by atoms with van der Waals surface area (Å²) in [5.74, 6) is 0.585. The second kappa shape index (κ2) is 3.58. The molecule has 17 heavy (non-hydrogen) atoms. The predicted octanol–water partition coefficient (Wildman–Crippen LogP) is 2.31. The van der Waals surface area contributed by atoms with Gasteiger partial charge < -0.3 is 9.67 Å². The van der Waals surface area contributed by atoms with Gasteiger partial charge in [0.1, 0.15) is 12.4 Å². The fourth-order valence-corrected chi connectivity index (χ4v) is 2.21. The Bertz CT molecular complexity index is 597. The molecule has 88 valence electrons. The molecule has 1 aromatic heterocycles. The SMILES string of the molecule is Cc1ccc2c(c1)nc(C1CC1)n2CC(=O)O. The summed E-state index contributed by atoms with van der Waals surface area (Å²) in [6.07, 6.45) is 2.25. The lowest BCUT2D eigenvalue weighted by Gasteiger charge is -2.04. The third-order valence-corrected chi connectivity index (χ3v) is 3.17. The van der Waals surface area contributed by atoms with Crippen LogP contribution in [0, 0.1) is 6.92 Å². The van der Waals surface area contributed by atoms with Gasteiger partial charge in [-0.15, -0.1) is 0 Å². The molecule has 4 heteroatoms. The lowest BCUT2D eigenvalue weighted by molar-refractivity contribution is -0.137. The third kappa shape index (κ3) is 1.79. The van der Waals surface area contributed by atoms with Crippen molar-refractivity contribution in [3.05, 3.63) is 29.6 Å². The molecule has 1 heterocycles. The molecule has 1 aliphatic carbocycles. The van der Waals surface area contributed by atoms with Crippen molar-refractivity contribution in [2.45, 2.75) is 32.2 Å². The minimum absolute atomic E-state index is 0.00535. The van der Waals surface area contributed by atoms with Crippen molar-refractivity contribution in [1.82, 2.24) is 9.55 Å². The van der Waals surface area contributed by atoms with Gasteiger partial charge in [0.25, 0.3) is 0 Å². The Labute approximate surface area is 98.9 Å². The maximum Gasteiger partial charge on any atom is 0.323 e. The summed E-state index contributed by atoms with van der Waals surface area (Å²) >= 11 is 0. The Balaban J connectivity index is 2.19. The number of hydrogen-bond acceptors (Lipinski definition) is 2. The van der Waals surface area contributed by atoms with Crippen LogP contribution in [-0.4, -0.2) is 20.6 Å². The molecule has 1 fully saturated rings. The molecule has 1 aliphatic rings. The molecule has 0 bridgehead atoms. The summed E-state index contributed by atoms with van der Waals surface area (Å²) in [6, 6.07) is 5.98. The lowest BCUT2D eigenvalue weighted by Crippen LogP contribution is -2.11. The molecule has 0 aliphatic heterocycles. The highest BCUT2D eigenvalue weighted by Gasteiger charge is 2.30. The van der Waals surface area contributed by atoms with Crippen molar-refractivity contribution < 1.29 is 9.90 Å². The van der Waals surface area contributed by atoms with Crippen LogP contribution >= 0.6 is 0 Å². The molecule has 1 saturated carbocycles. The highest BCUT2D eigenvalue weighted by atomic mass is 16.4. The van der Waals surface area contributed by atoms with E-state index < -0.39 is 5.97 Å². The van der Waals surface area contributed by atoms with Crippen molar-refractivity contribution in [2.75, 3.05) is 0 Å². The van der Waals surface area contributed by atoms with E-state index in [9.17, 15) is 4.79 Å². The van der Waals surface area contributed by atoms with Crippen LogP contribution in [0.2, 0.25) is 0 Å². The van der Waals surface area contributed by atoms with Gasteiger partial charge >= 0.3 is 5.97 Å². The van der Waals surface area contributed by atoms with Gasteiger partial charge in [0.05, 0.1) is 11.0 Å². The first kappa shape index (κ1) is 10.3. The first-order valence-corrected chi connectivity index (χ1v) is 5.84. The van der Waals surface area contributed by atoms with Crippen molar-refractivity contribution in [1.29, 1.82) is 0 Å². The number of aryl methyl sites for hydroxylation is 1. The molecule has 0 unspecified atom stereocenters. The molecule has 0 atom stereocenters. The fourth-order valence-electron chi connectivity index (χ4n) is 2.21. The number of carboxylic acid groups (broad SMARTS) is 1. The van der Waals surface area contributed by atoms with E-state index in [2.05, 4.69) is 4.98 Å². The minimum Gasteiger partial charge on any atom is -0.480 e. The van der Waals surface area contributed by atoms with Gasteiger partial charge in [0.15, 0.2) is 0 Å². The number of benzene rings is 1. The van der Waals surface area contributed by atoms with Gasteiger partial charge in [0.2, 0.25) is 0 Å². The van der Waals surface area contributed by atoms with E-state index >= 15 is 0 Å². The number of fused-ring (bicyclic) bond motifs is 1. The zero-order chi connectivity index (χ0) is 12.0. The number of aromatic nitrogens is 2. The summed E-state index contributed by atoms with van der Waals surface area (Å²) < 4.78 is 1.84. The Morgan fingerprint density at radius 2 is 2.29 bits per heavy atom. The van der Waals surface area contributed by atoms with Gasteiger partial charge in [-0.2, -0.15) is 0 Å². The van der Waals surface area contributed by atoms with Gasteiger partial charge in [0, 0.05) is 5.92 Å². The highest BCUT2D eigenvalue weighted by molar-refractivity contribution is 5.79. The number of imidazole rings is 1. The molecule has 0 spiro atoms. The van der Waals surface area contributed by atoms with Crippen LogP contribution in [0.25, 0.3) is 11.0 Å². The monoisotopic (exact) mass is 230 g/mol. The molecule has 1 aromatic carbocycles. The van der Waals surface area contributed by atoms with E-state index in [0.29, 0.717) is 5.92 Å². The molecular formula is C13H14N2O2. The maximum atomic E-state index is 10.9. The standard InChI is InChI=1S/C13H14N2O2/c1-8-2-5-11-10(6-8)14-13(9-3-4-9)15(11)7-12(16)17/h2,5-6,9H,3-4,7H2,1H3,(H,16,17). The largest absolute Gasteiger partial charge is 0.480 e. The summed E-state index contributed by atoms with van der Waals surface area (Å²) in [5.41, 5.74) is 2.99. The van der Waals surface area contributed by atoms with Gasteiger partial charge in [-0.3, -0.25) is 4.79 Å². The molecule has 2 aromatic rings. The topological polar surface area (TPSA) is 55.1 Å². The first-order valence-electron chi connectivity index (χ1n) is 5.84. The normalized spacial score (nSPS) is 15.4. The molecule has 4 nitrogen and oxygen atoms in total. The van der Waals surface area contributed by atoms with Crippen LogP contribution in [0.1, 0.15) is 30.1 Å². The fraction of sp³-hybridized carbons (Fsp3) is 0.385. The molecular weight excluding hydrogens is 216 g/mol. The van der Waals surface area contributed by atoms with Crippen molar-refractivity contribution >= 4 is 17.0 Å². The smallest absolute Gasteiger partial charge is 0.323 e. The van der Waals surface area contributed by atoms with Crippen molar-refractivity contribution in [2.24, 2.45) is 0 Å². The molecule has 1 N–H and O–H groups in total. The van der Waals surface area contributed by atoms with E-state index in [0.717, 1.165) is 35.3 Å². The van der Waals surface area contributed by atoms with Crippen LogP contribution in [-0.2, 0) is 11.3 Å². The lowest BCUT2D eigenvalue weighted by atomic mass is 10.2. The molecule has 0 amide bonds. The second-order valence-corrected chi connectivity index (χ2v) is 4.72. The maximum absolute atomic E-state index is 10.9. The molecule has 0 radical (unpaired) electrons. The first-order chi connectivity index (χ1) is 8.15. The van der Waals surface area contributed by atoms with E-state index in [1.807, 2.05) is 29.7 Å². The third-order valence-electron chi connectivity index (χ3n) is 3.17. The summed E-state index contributed by atoms with van der Waals surface area (Å²) in [4.78, 5) is 15.5. The molecule has 0 saturated heterocycles. The van der Waals surface area contributed by atoms with E-state index in [1.165, 1.54) is 0 Å². The number of aliphatic carboxylic acids is 1. The summed E-state index contributed by atoms with van der Waals surface area (Å²) in [7, 11) is 0. The van der Waals surface area contributed by atoms with Crippen molar-refractivity contribution in [3.8, 4) is 0 Å². The van der Waals surface area contributed by atoms with Crippen LogP contribution in [0.5, 0.6) is 0 Å². The number of carboxylic acids is 1. The van der Waals surface area contributed by atoms with Crippen molar-refractivity contribution in [3.63, 3.8) is 0 Å². The molecule has 3 rings (SSSR count). The summed E-state index contributed by atoms with van der Waals surface area (Å²) in [5, 5.41) is 8.98. The van der Waals surface area contributed by atoms with Gasteiger partial charge in [-0.05, 0) is 37.5 Å². The number of hydrogen-bond donors (Lipinski definition) is 1. The second-order valence-electron chi connectivity index (χ2n) is 4.72. The van der Waals surface area contributed by atoms with Crippen LogP contribution < -0.4 is 0 Å². The van der Waals surface area contributed by atoms with E-state index in [4.69, 9.17) is 5.11 Å². The Morgan fingerprint density at radius 1 is 1.53 bits per heavy atom. The number of rotatable bonds is 3. The highest BCUT2D eigenvalue weighted by Crippen LogP contribution is 2.40. The van der Waals surface area contributed by atoms with Gasteiger partial charge in [-0.25, -0.2) is 4.98 Å². The Morgan fingerprint density at radius 3 is 2.94 bits per heavy atom. The van der Waals surface area contributed by atoms with Crippen LogP contribution in [0.3, 0.4) is 0 Å². The Kier molecular flexibility index (Phi) is 2.18. The van der Waals surface area contributed by atoms with Gasteiger partial charge in [-0.1, -0.05) is 6.07 Å². The minimum atomic E-state index is -0.813. The number of carbonyl (C=O) groups is 1. The van der Waals surface area contributed by atoms with E-state index in [-0.39, 0.29) is 6.54 Å². The zero-order valence-electron chi connectivity index (χ0n) is 9.68. The number of nitrogens with zero attached hydrogens (tertiary/aromatic N) is 2. The average Bonchev–Trinajstić information content (AvgIpc) is 3.03. The summed E-state index contributed by atoms with van der Waals surface area (Å²) in [6.45, 7) is 2.03. The quantitative estimate of drug-likeness (QED) is 0.880.